The molecule has 2 unspecified atom stereocenters. The quantitative estimate of drug-likeness (QED) is 0.694. The van der Waals surface area contributed by atoms with Crippen LogP contribution in [0.25, 0.3) is 5.57 Å². The largest absolute Gasteiger partial charge is 0.384 e. The number of aryl methyl sites for hydroxylation is 2. The Morgan fingerprint density at radius 2 is 1.96 bits per heavy atom. The molecule has 0 heterocycles. The van der Waals surface area contributed by atoms with Gasteiger partial charge in [-0.1, -0.05) is 65.0 Å². The Morgan fingerprint density at radius 1 is 1.12 bits per heavy atom. The van der Waals surface area contributed by atoms with Gasteiger partial charge in [0.1, 0.15) is 0 Å². The number of aliphatic hydroxyl groups is 1. The van der Waals surface area contributed by atoms with Crippen LogP contribution in [0.15, 0.2) is 49.0 Å². The van der Waals surface area contributed by atoms with Gasteiger partial charge >= 0.3 is 0 Å². The minimum atomic E-state index is -0.725. The molecule has 0 fully saturated rings. The average Bonchev–Trinajstić information content (AvgIpc) is 2.62. The van der Waals surface area contributed by atoms with E-state index in [1.54, 1.807) is 0 Å². The van der Waals surface area contributed by atoms with E-state index in [1.807, 2.05) is 0 Å². The molecule has 0 saturated carbocycles. The standard InChI is InChI=1S/C22H23BrO/c1-15-19-7-3-2-5-16(19)10-11-20(15)18-9-8-17-6-4-12-22(24,14-23)21(17)13-18/h2-3,5,7-9,13,20,24H,1,4,6,10-12,14H2. The van der Waals surface area contributed by atoms with E-state index in [0.29, 0.717) is 11.2 Å². The fourth-order valence-electron chi connectivity index (χ4n) is 4.39. The second kappa shape index (κ2) is 6.16. The molecule has 0 spiro atoms. The van der Waals surface area contributed by atoms with Crippen LogP contribution in [0.1, 0.15) is 53.0 Å². The molecule has 0 aromatic heterocycles. The topological polar surface area (TPSA) is 20.2 Å². The lowest BCUT2D eigenvalue weighted by Gasteiger charge is -2.35. The minimum absolute atomic E-state index is 0.353. The first-order valence-corrected chi connectivity index (χ1v) is 9.93. The second-order valence-electron chi connectivity index (χ2n) is 7.21. The van der Waals surface area contributed by atoms with E-state index in [-0.39, 0.29) is 0 Å². The molecule has 4 rings (SSSR count). The molecule has 1 nitrogen and oxygen atoms in total. The van der Waals surface area contributed by atoms with Gasteiger partial charge < -0.3 is 5.11 Å². The van der Waals surface area contributed by atoms with Crippen molar-refractivity contribution in [3.05, 3.63) is 76.9 Å². The van der Waals surface area contributed by atoms with Crippen molar-refractivity contribution >= 4 is 21.5 Å². The summed E-state index contributed by atoms with van der Waals surface area (Å²) < 4.78 is 0. The molecule has 2 aromatic carbocycles. The molecule has 2 aromatic rings. The number of allylic oxidation sites excluding steroid dienone is 1. The third-order valence-electron chi connectivity index (χ3n) is 5.78. The van der Waals surface area contributed by atoms with Crippen LogP contribution in [0.5, 0.6) is 0 Å². The van der Waals surface area contributed by atoms with Crippen molar-refractivity contribution in [3.63, 3.8) is 0 Å². The Morgan fingerprint density at radius 3 is 2.79 bits per heavy atom. The maximum Gasteiger partial charge on any atom is 0.0995 e. The van der Waals surface area contributed by atoms with Crippen LogP contribution in [-0.4, -0.2) is 10.4 Å². The number of hydrogen-bond acceptors (Lipinski definition) is 1. The van der Waals surface area contributed by atoms with Gasteiger partial charge in [-0.3, -0.25) is 0 Å². The molecule has 2 heteroatoms. The van der Waals surface area contributed by atoms with Crippen LogP contribution in [0.4, 0.5) is 0 Å². The van der Waals surface area contributed by atoms with Crippen molar-refractivity contribution in [2.24, 2.45) is 0 Å². The maximum absolute atomic E-state index is 11.0. The second-order valence-corrected chi connectivity index (χ2v) is 7.77. The highest BCUT2D eigenvalue weighted by Crippen LogP contribution is 2.43. The first kappa shape index (κ1) is 16.1. The van der Waals surface area contributed by atoms with Crippen molar-refractivity contribution in [1.82, 2.24) is 0 Å². The Hall–Kier alpha value is -1.38. The summed E-state index contributed by atoms with van der Waals surface area (Å²) in [7, 11) is 0. The number of alkyl halides is 1. The first-order chi connectivity index (χ1) is 11.6. The smallest absolute Gasteiger partial charge is 0.0995 e. The summed E-state index contributed by atoms with van der Waals surface area (Å²) in [5.74, 6) is 0.353. The van der Waals surface area contributed by atoms with Crippen LogP contribution in [0, 0.1) is 0 Å². The third kappa shape index (κ3) is 2.57. The monoisotopic (exact) mass is 382 g/mol. The van der Waals surface area contributed by atoms with Gasteiger partial charge in [0.25, 0.3) is 0 Å². The Bertz CT molecular complexity index is 794. The molecule has 2 aliphatic carbocycles. The van der Waals surface area contributed by atoms with E-state index in [1.165, 1.54) is 27.8 Å². The zero-order chi connectivity index (χ0) is 16.7. The van der Waals surface area contributed by atoms with E-state index in [4.69, 9.17) is 0 Å². The summed E-state index contributed by atoms with van der Waals surface area (Å²) in [6.07, 6.45) is 5.15. The Balaban J connectivity index is 1.74. The molecule has 1 N–H and O–H groups in total. The van der Waals surface area contributed by atoms with E-state index < -0.39 is 5.60 Å². The highest BCUT2D eigenvalue weighted by molar-refractivity contribution is 9.09. The molecule has 0 aliphatic heterocycles. The zero-order valence-corrected chi connectivity index (χ0v) is 15.5. The lowest BCUT2D eigenvalue weighted by molar-refractivity contribution is 0.0450. The van der Waals surface area contributed by atoms with Crippen LogP contribution < -0.4 is 0 Å². The van der Waals surface area contributed by atoms with Gasteiger partial charge in [-0.05, 0) is 65.5 Å². The molecule has 0 bridgehead atoms. The van der Waals surface area contributed by atoms with E-state index in [2.05, 4.69) is 65.0 Å². The van der Waals surface area contributed by atoms with E-state index >= 15 is 0 Å². The number of halogens is 1. The molecule has 0 saturated heterocycles. The predicted molar refractivity (Wildman–Crippen MR) is 104 cm³/mol. The van der Waals surface area contributed by atoms with E-state index in [0.717, 1.165) is 37.7 Å². The number of hydrogen-bond donors (Lipinski definition) is 1. The molecule has 0 amide bonds. The minimum Gasteiger partial charge on any atom is -0.384 e. The Labute approximate surface area is 152 Å². The van der Waals surface area contributed by atoms with Crippen molar-refractivity contribution in [1.29, 1.82) is 0 Å². The van der Waals surface area contributed by atoms with Gasteiger partial charge in [-0.2, -0.15) is 0 Å². The highest BCUT2D eigenvalue weighted by Gasteiger charge is 2.34. The fraction of sp³-hybridized carbons (Fsp3) is 0.364. The molecule has 0 radical (unpaired) electrons. The SMILES string of the molecule is C=C1c2ccccc2CCC1c1ccc2c(c1)C(O)(CBr)CCC2. The average molecular weight is 383 g/mol. The summed E-state index contributed by atoms with van der Waals surface area (Å²) in [4.78, 5) is 0. The third-order valence-corrected chi connectivity index (χ3v) is 6.71. The first-order valence-electron chi connectivity index (χ1n) is 8.81. The van der Waals surface area contributed by atoms with Crippen molar-refractivity contribution < 1.29 is 5.11 Å². The lowest BCUT2D eigenvalue weighted by Crippen LogP contribution is -2.32. The van der Waals surface area contributed by atoms with Gasteiger partial charge in [0, 0.05) is 11.2 Å². The van der Waals surface area contributed by atoms with Crippen LogP contribution in [0.3, 0.4) is 0 Å². The molecule has 2 aliphatic rings. The van der Waals surface area contributed by atoms with Gasteiger partial charge in [0.15, 0.2) is 0 Å². The summed E-state index contributed by atoms with van der Waals surface area (Å²) in [6.45, 7) is 4.41. The van der Waals surface area contributed by atoms with Crippen molar-refractivity contribution in [2.75, 3.05) is 5.33 Å². The van der Waals surface area contributed by atoms with Gasteiger partial charge in [0.05, 0.1) is 5.60 Å². The zero-order valence-electron chi connectivity index (χ0n) is 13.9. The molecular formula is C22H23BrO. The summed E-state index contributed by atoms with van der Waals surface area (Å²) >= 11 is 3.52. The van der Waals surface area contributed by atoms with Crippen LogP contribution in [-0.2, 0) is 18.4 Å². The number of rotatable bonds is 2. The molecule has 124 valence electrons. The van der Waals surface area contributed by atoms with Crippen molar-refractivity contribution in [3.8, 4) is 0 Å². The predicted octanol–water partition coefficient (Wildman–Crippen LogP) is 5.35. The van der Waals surface area contributed by atoms with Gasteiger partial charge in [-0.25, -0.2) is 0 Å². The molecular weight excluding hydrogens is 360 g/mol. The highest BCUT2D eigenvalue weighted by atomic mass is 79.9. The van der Waals surface area contributed by atoms with Crippen molar-refractivity contribution in [2.45, 2.75) is 43.6 Å². The maximum atomic E-state index is 11.0. The number of benzene rings is 2. The lowest BCUT2D eigenvalue weighted by atomic mass is 9.74. The normalized spacial score (nSPS) is 25.9. The molecule has 24 heavy (non-hydrogen) atoms. The van der Waals surface area contributed by atoms with E-state index in [9.17, 15) is 5.11 Å². The summed E-state index contributed by atoms with van der Waals surface area (Å²) in [5.41, 5.74) is 6.93. The van der Waals surface area contributed by atoms with Crippen LogP contribution >= 0.6 is 15.9 Å². The number of fused-ring (bicyclic) bond motifs is 2. The molecule has 2 atom stereocenters. The van der Waals surface area contributed by atoms with Gasteiger partial charge in [0.2, 0.25) is 0 Å². The fourth-order valence-corrected chi connectivity index (χ4v) is 4.97. The van der Waals surface area contributed by atoms with Gasteiger partial charge in [-0.15, -0.1) is 0 Å². The Kier molecular flexibility index (Phi) is 4.14. The summed E-state index contributed by atoms with van der Waals surface area (Å²) in [5, 5.41) is 11.6. The summed E-state index contributed by atoms with van der Waals surface area (Å²) in [6, 6.07) is 15.3. The van der Waals surface area contributed by atoms with Crippen LogP contribution in [0.2, 0.25) is 0 Å².